The van der Waals surface area contributed by atoms with Crippen molar-refractivity contribution in [1.82, 2.24) is 20.9 Å². The van der Waals surface area contributed by atoms with Crippen molar-refractivity contribution in [2.75, 3.05) is 33.5 Å². The van der Waals surface area contributed by atoms with Crippen LogP contribution in [0.2, 0.25) is 0 Å². The smallest absolute Gasteiger partial charge is 0.315 e. The highest BCUT2D eigenvalue weighted by molar-refractivity contribution is 5.77. The molecule has 0 aliphatic carbocycles. The van der Waals surface area contributed by atoms with E-state index in [0.29, 0.717) is 12.3 Å². The molecule has 3 rings (SSSR count). The van der Waals surface area contributed by atoms with Crippen LogP contribution in [0.1, 0.15) is 31.4 Å². The van der Waals surface area contributed by atoms with Crippen LogP contribution < -0.4 is 25.4 Å². The first-order chi connectivity index (χ1) is 12.5. The van der Waals surface area contributed by atoms with Gasteiger partial charge in [-0.05, 0) is 37.5 Å². The molecule has 8 nitrogen and oxygen atoms in total. The number of likely N-dealkylation sites (N-methyl/N-ethyl adjacent to an activating group) is 1. The van der Waals surface area contributed by atoms with Crippen molar-refractivity contribution in [3.05, 3.63) is 23.8 Å². The Morgan fingerprint density at radius 1 is 1.23 bits per heavy atom. The van der Waals surface area contributed by atoms with E-state index in [2.05, 4.69) is 20.9 Å². The third-order valence-electron chi connectivity index (χ3n) is 4.81. The summed E-state index contributed by atoms with van der Waals surface area (Å²) in [6.45, 7) is 4.19. The van der Waals surface area contributed by atoms with E-state index in [-0.39, 0.29) is 30.8 Å². The number of piperidine rings is 1. The first-order valence-corrected chi connectivity index (χ1v) is 8.94. The monoisotopic (exact) mass is 362 g/mol. The Kier molecular flexibility index (Phi) is 5.82. The number of nitrogens with zero attached hydrogens (tertiary/aromatic N) is 1. The highest BCUT2D eigenvalue weighted by Crippen LogP contribution is 2.34. The number of urea groups is 1. The molecule has 2 aliphatic rings. The summed E-state index contributed by atoms with van der Waals surface area (Å²) in [5.74, 6) is 1.46. The minimum absolute atomic E-state index is 0.0201. The Morgan fingerprint density at radius 3 is 2.69 bits per heavy atom. The maximum absolute atomic E-state index is 12.3. The summed E-state index contributed by atoms with van der Waals surface area (Å²) in [6, 6.07) is 5.48. The molecule has 0 unspecified atom stereocenters. The molecule has 0 bridgehead atoms. The van der Waals surface area contributed by atoms with Crippen LogP contribution in [0.5, 0.6) is 11.5 Å². The van der Waals surface area contributed by atoms with Crippen LogP contribution in [0.4, 0.5) is 4.79 Å². The number of hydrogen-bond donors (Lipinski definition) is 3. The number of carbonyl (C=O) groups is 2. The minimum Gasteiger partial charge on any atom is -0.454 e. The summed E-state index contributed by atoms with van der Waals surface area (Å²) >= 11 is 0. The number of nitrogens with one attached hydrogen (secondary N) is 3. The number of benzene rings is 1. The van der Waals surface area contributed by atoms with Crippen LogP contribution in [-0.4, -0.2) is 56.4 Å². The molecular weight excluding hydrogens is 336 g/mol. The zero-order chi connectivity index (χ0) is 18.5. The van der Waals surface area contributed by atoms with Gasteiger partial charge in [0, 0.05) is 26.2 Å². The Hall–Kier alpha value is -2.48. The normalized spacial score (nSPS) is 18.2. The SMILES string of the molecule is CNC(=O)CN1CCC(NC(=O)N[C@H](C)c2ccc3c(c2)OCO3)CC1. The van der Waals surface area contributed by atoms with E-state index in [9.17, 15) is 9.59 Å². The average molecular weight is 362 g/mol. The molecule has 3 amide bonds. The lowest BCUT2D eigenvalue weighted by molar-refractivity contribution is -0.122. The molecule has 1 saturated heterocycles. The van der Waals surface area contributed by atoms with Crippen molar-refractivity contribution in [2.45, 2.75) is 31.8 Å². The van der Waals surface area contributed by atoms with Crippen LogP contribution in [0.15, 0.2) is 18.2 Å². The van der Waals surface area contributed by atoms with Crippen molar-refractivity contribution in [2.24, 2.45) is 0 Å². The third kappa shape index (κ3) is 4.57. The number of rotatable bonds is 5. The zero-order valence-corrected chi connectivity index (χ0v) is 15.2. The van der Waals surface area contributed by atoms with Crippen molar-refractivity contribution in [3.63, 3.8) is 0 Å². The van der Waals surface area contributed by atoms with Crippen molar-refractivity contribution in [3.8, 4) is 11.5 Å². The first-order valence-electron chi connectivity index (χ1n) is 8.94. The van der Waals surface area contributed by atoms with Gasteiger partial charge >= 0.3 is 6.03 Å². The second-order valence-electron chi connectivity index (χ2n) is 6.68. The van der Waals surface area contributed by atoms with Crippen LogP contribution in [0.25, 0.3) is 0 Å². The van der Waals surface area contributed by atoms with Gasteiger partial charge in [-0.15, -0.1) is 0 Å². The molecule has 8 heteroatoms. The van der Waals surface area contributed by atoms with E-state index in [1.807, 2.05) is 25.1 Å². The van der Waals surface area contributed by atoms with Crippen LogP contribution >= 0.6 is 0 Å². The van der Waals surface area contributed by atoms with E-state index in [1.54, 1.807) is 7.05 Å². The number of carbonyl (C=O) groups excluding carboxylic acids is 2. The van der Waals surface area contributed by atoms with Gasteiger partial charge in [0.25, 0.3) is 0 Å². The second kappa shape index (κ2) is 8.27. The Morgan fingerprint density at radius 2 is 1.96 bits per heavy atom. The summed E-state index contributed by atoms with van der Waals surface area (Å²) in [7, 11) is 1.64. The molecule has 2 heterocycles. The van der Waals surface area contributed by atoms with Gasteiger partial charge in [-0.3, -0.25) is 9.69 Å². The lowest BCUT2D eigenvalue weighted by Crippen LogP contribution is -2.49. The Bertz CT molecular complexity index is 659. The summed E-state index contributed by atoms with van der Waals surface area (Å²) in [5, 5.41) is 8.62. The summed E-state index contributed by atoms with van der Waals surface area (Å²) in [6.07, 6.45) is 1.67. The molecule has 0 aromatic heterocycles. The average Bonchev–Trinajstić information content (AvgIpc) is 3.10. The van der Waals surface area contributed by atoms with Gasteiger partial charge < -0.3 is 25.4 Å². The van der Waals surface area contributed by atoms with Gasteiger partial charge in [0.15, 0.2) is 11.5 Å². The summed E-state index contributed by atoms with van der Waals surface area (Å²) < 4.78 is 10.7. The number of hydrogen-bond acceptors (Lipinski definition) is 5. The molecule has 1 fully saturated rings. The largest absolute Gasteiger partial charge is 0.454 e. The predicted octanol–water partition coefficient (Wildman–Crippen LogP) is 0.986. The fourth-order valence-corrected chi connectivity index (χ4v) is 3.21. The quantitative estimate of drug-likeness (QED) is 0.726. The number of fused-ring (bicyclic) bond motifs is 1. The molecule has 0 spiro atoms. The Labute approximate surface area is 153 Å². The maximum Gasteiger partial charge on any atom is 0.315 e. The van der Waals surface area contributed by atoms with E-state index in [0.717, 1.165) is 37.2 Å². The highest BCUT2D eigenvalue weighted by atomic mass is 16.7. The number of likely N-dealkylation sites (tertiary alicyclic amines) is 1. The summed E-state index contributed by atoms with van der Waals surface area (Å²) in [5.41, 5.74) is 0.963. The van der Waals surface area contributed by atoms with Crippen LogP contribution in [0.3, 0.4) is 0 Å². The second-order valence-corrected chi connectivity index (χ2v) is 6.68. The van der Waals surface area contributed by atoms with E-state index in [4.69, 9.17) is 9.47 Å². The van der Waals surface area contributed by atoms with Crippen LogP contribution in [-0.2, 0) is 4.79 Å². The molecule has 26 heavy (non-hydrogen) atoms. The predicted molar refractivity (Wildman–Crippen MR) is 96.2 cm³/mol. The molecule has 3 N–H and O–H groups in total. The minimum atomic E-state index is -0.181. The standard InChI is InChI=1S/C18H26N4O4/c1-12(13-3-4-15-16(9-13)26-11-25-15)20-18(24)21-14-5-7-22(8-6-14)10-17(23)19-2/h3-4,9,12,14H,5-8,10-11H2,1-2H3,(H,19,23)(H2,20,21,24)/t12-/m1/s1. The third-order valence-corrected chi connectivity index (χ3v) is 4.81. The number of ether oxygens (including phenoxy) is 2. The molecule has 0 radical (unpaired) electrons. The van der Waals surface area contributed by atoms with Gasteiger partial charge in [-0.1, -0.05) is 6.07 Å². The fourth-order valence-electron chi connectivity index (χ4n) is 3.21. The Balaban J connectivity index is 1.43. The van der Waals surface area contributed by atoms with Gasteiger partial charge in [-0.2, -0.15) is 0 Å². The lowest BCUT2D eigenvalue weighted by atomic mass is 10.1. The molecule has 142 valence electrons. The molecular formula is C18H26N4O4. The lowest BCUT2D eigenvalue weighted by Gasteiger charge is -2.32. The van der Waals surface area contributed by atoms with Crippen molar-refractivity contribution >= 4 is 11.9 Å². The molecule has 1 aromatic carbocycles. The van der Waals surface area contributed by atoms with Gasteiger partial charge in [0.1, 0.15) is 0 Å². The van der Waals surface area contributed by atoms with Gasteiger partial charge in [0.2, 0.25) is 12.7 Å². The first kappa shape index (κ1) is 18.3. The van der Waals surface area contributed by atoms with E-state index in [1.165, 1.54) is 0 Å². The van der Waals surface area contributed by atoms with Gasteiger partial charge in [-0.25, -0.2) is 4.79 Å². The number of amides is 3. The fraction of sp³-hybridized carbons (Fsp3) is 0.556. The van der Waals surface area contributed by atoms with Crippen molar-refractivity contribution in [1.29, 1.82) is 0 Å². The molecule has 1 atom stereocenters. The summed E-state index contributed by atoms with van der Waals surface area (Å²) in [4.78, 5) is 25.8. The highest BCUT2D eigenvalue weighted by Gasteiger charge is 2.23. The molecule has 1 aromatic rings. The van der Waals surface area contributed by atoms with Gasteiger partial charge in [0.05, 0.1) is 12.6 Å². The zero-order valence-electron chi connectivity index (χ0n) is 15.2. The topological polar surface area (TPSA) is 91.9 Å². The van der Waals surface area contributed by atoms with E-state index < -0.39 is 0 Å². The van der Waals surface area contributed by atoms with Crippen LogP contribution in [0, 0.1) is 0 Å². The molecule has 0 saturated carbocycles. The maximum atomic E-state index is 12.3. The molecule has 2 aliphatic heterocycles. The van der Waals surface area contributed by atoms with E-state index >= 15 is 0 Å². The van der Waals surface area contributed by atoms with Crippen molar-refractivity contribution < 1.29 is 19.1 Å².